The molecule has 4 rings (SSSR count). The highest BCUT2D eigenvalue weighted by Gasteiger charge is 2.34. The van der Waals surface area contributed by atoms with Crippen LogP contribution in [0.4, 0.5) is 17.6 Å². The second kappa shape index (κ2) is 8.43. The molecule has 0 radical (unpaired) electrons. The number of nitrogens with one attached hydrogen (secondary N) is 1. The predicted molar refractivity (Wildman–Crippen MR) is 112 cm³/mol. The highest BCUT2D eigenvalue weighted by molar-refractivity contribution is 7.89. The minimum Gasteiger partial charge on any atom is -0.291 e. The van der Waals surface area contributed by atoms with Crippen LogP contribution < -0.4 is 5.32 Å². The van der Waals surface area contributed by atoms with Crippen LogP contribution in [0.5, 0.6) is 0 Å². The Morgan fingerprint density at radius 2 is 1.85 bits per heavy atom. The smallest absolute Gasteiger partial charge is 0.291 e. The van der Waals surface area contributed by atoms with E-state index in [0.29, 0.717) is 17.4 Å². The maximum Gasteiger partial charge on any atom is 0.416 e. The lowest BCUT2D eigenvalue weighted by Crippen LogP contribution is -2.38. The van der Waals surface area contributed by atoms with E-state index in [1.54, 1.807) is 0 Å². The zero-order valence-electron chi connectivity index (χ0n) is 16.8. The minimum absolute atomic E-state index is 0.0136. The van der Waals surface area contributed by atoms with Crippen molar-refractivity contribution in [1.82, 2.24) is 9.62 Å². The molecule has 0 bridgehead atoms. The zero-order chi connectivity index (χ0) is 23.8. The fourth-order valence-corrected chi connectivity index (χ4v) is 4.71. The topological polar surface area (TPSA) is 91.2 Å². The fraction of sp³-hybridized carbons (Fsp3) is 0.190. The molecule has 0 saturated carbocycles. The van der Waals surface area contributed by atoms with Gasteiger partial charge in [-0.1, -0.05) is 18.2 Å². The van der Waals surface area contributed by atoms with Crippen LogP contribution in [0.25, 0.3) is 0 Å². The first kappa shape index (κ1) is 22.6. The predicted octanol–water partition coefficient (Wildman–Crippen LogP) is 3.36. The number of rotatable bonds is 3. The Kier molecular flexibility index (Phi) is 5.78. The van der Waals surface area contributed by atoms with Crippen LogP contribution in [0.2, 0.25) is 0 Å². The molecule has 172 valence electrons. The molecule has 2 heterocycles. The van der Waals surface area contributed by atoms with Crippen molar-refractivity contribution in [3.05, 3.63) is 77.2 Å². The molecule has 12 heteroatoms. The number of nitrogens with zero attached hydrogens (tertiary/aromatic N) is 3. The van der Waals surface area contributed by atoms with Crippen molar-refractivity contribution in [1.29, 1.82) is 0 Å². The summed E-state index contributed by atoms with van der Waals surface area (Å²) in [4.78, 5) is 20.1. The Labute approximate surface area is 186 Å². The molecule has 0 unspecified atom stereocenters. The number of benzene rings is 2. The number of carbonyl (C=O) groups excluding carboxylic acids is 1. The maximum atomic E-state index is 13.8. The molecule has 0 atom stereocenters. The van der Waals surface area contributed by atoms with Gasteiger partial charge in [0.1, 0.15) is 5.82 Å². The minimum atomic E-state index is -4.67. The van der Waals surface area contributed by atoms with Crippen LogP contribution in [0.3, 0.4) is 0 Å². The van der Waals surface area contributed by atoms with Gasteiger partial charge in [0.05, 0.1) is 28.3 Å². The van der Waals surface area contributed by atoms with E-state index in [-0.39, 0.29) is 31.0 Å². The molecule has 0 aromatic heterocycles. The first-order valence-corrected chi connectivity index (χ1v) is 11.1. The van der Waals surface area contributed by atoms with Crippen molar-refractivity contribution in [2.75, 3.05) is 13.1 Å². The summed E-state index contributed by atoms with van der Waals surface area (Å²) in [5, 5.41) is 2.41. The molecule has 2 aromatic carbocycles. The van der Waals surface area contributed by atoms with E-state index in [4.69, 9.17) is 0 Å². The van der Waals surface area contributed by atoms with E-state index >= 15 is 0 Å². The van der Waals surface area contributed by atoms with E-state index in [9.17, 15) is 30.8 Å². The number of aliphatic imine (C=N–C) groups is 2. The lowest BCUT2D eigenvalue weighted by Gasteiger charge is -2.28. The molecular formula is C21H16F4N4O3S. The molecule has 0 spiro atoms. The van der Waals surface area contributed by atoms with Gasteiger partial charge in [-0.25, -0.2) is 22.8 Å². The molecule has 2 aromatic rings. The van der Waals surface area contributed by atoms with Crippen molar-refractivity contribution in [2.45, 2.75) is 17.5 Å². The molecular weight excluding hydrogens is 464 g/mol. The molecule has 0 fully saturated rings. The summed E-state index contributed by atoms with van der Waals surface area (Å²) in [6, 6.07) is 8.93. The summed E-state index contributed by atoms with van der Waals surface area (Å²) in [5.41, 5.74) is -0.318. The summed E-state index contributed by atoms with van der Waals surface area (Å²) >= 11 is 0. The van der Waals surface area contributed by atoms with Crippen molar-refractivity contribution >= 4 is 27.6 Å². The molecule has 1 N–H and O–H groups in total. The number of alkyl halides is 3. The quantitative estimate of drug-likeness (QED) is 0.683. The van der Waals surface area contributed by atoms with Gasteiger partial charge in [-0.15, -0.1) is 0 Å². The molecule has 0 saturated heterocycles. The summed E-state index contributed by atoms with van der Waals surface area (Å²) in [6.45, 7) is -0.0736. The molecule has 1 amide bonds. The van der Waals surface area contributed by atoms with E-state index in [0.717, 1.165) is 28.6 Å². The molecule has 2 aliphatic heterocycles. The van der Waals surface area contributed by atoms with Gasteiger partial charge in [-0.2, -0.15) is 13.2 Å². The van der Waals surface area contributed by atoms with Crippen LogP contribution in [-0.4, -0.2) is 43.4 Å². The standard InChI is InChI=1S/C21H16F4N4O3S/c22-17-7-2-1-6-16(17)19(30)28-20-26-11-13-12-29(9-8-18(13)27-20)33(31,32)15-5-3-4-14(10-15)21(23,24)25/h1-7,10,12H,8-9,11H2,(H,26,28,30). The Morgan fingerprint density at radius 1 is 1.09 bits per heavy atom. The number of hydrogen-bond donors (Lipinski definition) is 1. The second-order valence-corrected chi connectivity index (χ2v) is 9.07. The zero-order valence-corrected chi connectivity index (χ0v) is 17.6. The van der Waals surface area contributed by atoms with E-state index in [1.165, 1.54) is 24.4 Å². The lowest BCUT2D eigenvalue weighted by atomic mass is 10.1. The average Bonchev–Trinajstić information content (AvgIpc) is 2.78. The SMILES string of the molecule is O=C(NC1=NCC2=CN(S(=O)(=O)c3cccc(C(F)(F)F)c3)CCC2=N1)c1ccccc1F. The van der Waals surface area contributed by atoms with Crippen LogP contribution in [0, 0.1) is 5.82 Å². The first-order valence-electron chi connectivity index (χ1n) is 9.64. The van der Waals surface area contributed by atoms with Crippen molar-refractivity contribution in [3.63, 3.8) is 0 Å². The average molecular weight is 480 g/mol. The number of hydrogen-bond acceptors (Lipinski definition) is 5. The number of sulfonamides is 1. The third-order valence-corrected chi connectivity index (χ3v) is 6.75. The number of carbonyl (C=O) groups is 1. The van der Waals surface area contributed by atoms with E-state index < -0.39 is 38.4 Å². The van der Waals surface area contributed by atoms with Gasteiger partial charge in [-0.05, 0) is 30.3 Å². The van der Waals surface area contributed by atoms with Gasteiger partial charge in [0.25, 0.3) is 15.9 Å². The summed E-state index contributed by atoms with van der Waals surface area (Å²) in [5.74, 6) is -1.47. The lowest BCUT2D eigenvalue weighted by molar-refractivity contribution is -0.137. The highest BCUT2D eigenvalue weighted by Crippen LogP contribution is 2.32. The Morgan fingerprint density at radius 3 is 2.58 bits per heavy atom. The second-order valence-electron chi connectivity index (χ2n) is 7.18. The molecule has 7 nitrogen and oxygen atoms in total. The number of halogens is 4. The van der Waals surface area contributed by atoms with Gasteiger partial charge in [0.15, 0.2) is 0 Å². The number of fused-ring (bicyclic) bond motifs is 1. The van der Waals surface area contributed by atoms with Crippen LogP contribution in [0.15, 0.2) is 75.2 Å². The van der Waals surface area contributed by atoms with E-state index in [2.05, 4.69) is 15.3 Å². The number of amides is 1. The largest absolute Gasteiger partial charge is 0.416 e. The van der Waals surface area contributed by atoms with Crippen LogP contribution in [0.1, 0.15) is 22.3 Å². The maximum absolute atomic E-state index is 13.8. The Hall–Kier alpha value is -3.54. The van der Waals surface area contributed by atoms with Crippen molar-refractivity contribution < 1.29 is 30.8 Å². The van der Waals surface area contributed by atoms with E-state index in [1.807, 2.05) is 0 Å². The molecule has 33 heavy (non-hydrogen) atoms. The van der Waals surface area contributed by atoms with Gasteiger partial charge >= 0.3 is 6.18 Å². The normalized spacial score (nSPS) is 16.4. The van der Waals surface area contributed by atoms with Crippen molar-refractivity contribution in [3.8, 4) is 0 Å². The Bertz CT molecular complexity index is 1320. The fourth-order valence-electron chi connectivity index (χ4n) is 3.31. The Balaban J connectivity index is 1.52. The highest BCUT2D eigenvalue weighted by atomic mass is 32.2. The van der Waals surface area contributed by atoms with Gasteiger partial charge < -0.3 is 0 Å². The molecule has 2 aliphatic rings. The summed E-state index contributed by atoms with van der Waals surface area (Å²) in [6.07, 6.45) is -3.25. The van der Waals surface area contributed by atoms with Gasteiger partial charge in [0.2, 0.25) is 5.96 Å². The van der Waals surface area contributed by atoms with Crippen molar-refractivity contribution in [2.24, 2.45) is 9.98 Å². The summed E-state index contributed by atoms with van der Waals surface area (Å²) in [7, 11) is -4.23. The third-order valence-electron chi connectivity index (χ3n) is 4.99. The number of guanidine groups is 1. The molecule has 0 aliphatic carbocycles. The van der Waals surface area contributed by atoms with Gasteiger partial charge in [0, 0.05) is 24.7 Å². The third kappa shape index (κ3) is 4.65. The first-order chi connectivity index (χ1) is 15.6. The monoisotopic (exact) mass is 480 g/mol. The van der Waals surface area contributed by atoms with Crippen LogP contribution in [-0.2, 0) is 16.2 Å². The van der Waals surface area contributed by atoms with Gasteiger partial charge in [-0.3, -0.25) is 14.4 Å². The summed E-state index contributed by atoms with van der Waals surface area (Å²) < 4.78 is 79.4. The van der Waals surface area contributed by atoms with Crippen LogP contribution >= 0.6 is 0 Å².